The monoisotopic (exact) mass is 357 g/mol. The molecule has 1 aromatic carbocycles. The fourth-order valence-corrected chi connectivity index (χ4v) is 4.20. The normalized spacial score (nSPS) is 21.7. The van der Waals surface area contributed by atoms with Gasteiger partial charge in [0.2, 0.25) is 11.8 Å². The third kappa shape index (κ3) is 5.31. The van der Waals surface area contributed by atoms with Crippen molar-refractivity contribution in [3.05, 3.63) is 35.9 Å². The number of hydrogen-bond donors (Lipinski definition) is 1. The van der Waals surface area contributed by atoms with Gasteiger partial charge < -0.3 is 10.2 Å². The van der Waals surface area contributed by atoms with E-state index in [-0.39, 0.29) is 17.9 Å². The summed E-state index contributed by atoms with van der Waals surface area (Å²) < 4.78 is 0. The predicted octanol–water partition coefficient (Wildman–Crippen LogP) is 2.21. The van der Waals surface area contributed by atoms with E-state index in [2.05, 4.69) is 40.5 Å². The van der Waals surface area contributed by atoms with E-state index in [0.29, 0.717) is 12.6 Å². The Balaban J connectivity index is 1.41. The standard InChI is InChI=1S/C21H31N3O2/c1-17(25)23-14-11-19(12-15-23)22-21(26)16-24-13-5-8-20(24)10-9-18-6-3-2-4-7-18/h2-4,6-7,19-20H,5,8-16H2,1H3,(H,22,26). The average molecular weight is 357 g/mol. The summed E-state index contributed by atoms with van der Waals surface area (Å²) in [5.74, 6) is 0.269. The number of aryl methyl sites for hydroxylation is 1. The molecule has 0 spiro atoms. The van der Waals surface area contributed by atoms with Crippen LogP contribution in [0.25, 0.3) is 0 Å². The van der Waals surface area contributed by atoms with Crippen LogP contribution in [0, 0.1) is 0 Å². The Morgan fingerprint density at radius 2 is 1.81 bits per heavy atom. The zero-order chi connectivity index (χ0) is 18.4. The molecule has 26 heavy (non-hydrogen) atoms. The highest BCUT2D eigenvalue weighted by atomic mass is 16.2. The zero-order valence-corrected chi connectivity index (χ0v) is 15.8. The first-order chi connectivity index (χ1) is 12.6. The lowest BCUT2D eigenvalue weighted by Crippen LogP contribution is -2.48. The lowest BCUT2D eigenvalue weighted by Gasteiger charge is -2.32. The second-order valence-electron chi connectivity index (χ2n) is 7.64. The summed E-state index contributed by atoms with van der Waals surface area (Å²) in [6.45, 7) is 4.65. The molecule has 0 aromatic heterocycles. The van der Waals surface area contributed by atoms with Gasteiger partial charge in [-0.05, 0) is 50.6 Å². The number of rotatable bonds is 6. The second-order valence-corrected chi connectivity index (χ2v) is 7.64. The van der Waals surface area contributed by atoms with Gasteiger partial charge in [-0.1, -0.05) is 30.3 Å². The molecule has 0 saturated carbocycles. The third-order valence-electron chi connectivity index (χ3n) is 5.76. The number of carbonyl (C=O) groups excluding carboxylic acids is 2. The van der Waals surface area contributed by atoms with Crippen LogP contribution in [0.3, 0.4) is 0 Å². The number of carbonyl (C=O) groups is 2. The Labute approximate surface area is 156 Å². The molecule has 1 N–H and O–H groups in total. The molecule has 142 valence electrons. The molecule has 0 aliphatic carbocycles. The van der Waals surface area contributed by atoms with Crippen molar-refractivity contribution < 1.29 is 9.59 Å². The van der Waals surface area contributed by atoms with Crippen molar-refractivity contribution in [3.63, 3.8) is 0 Å². The van der Waals surface area contributed by atoms with Gasteiger partial charge in [-0.15, -0.1) is 0 Å². The smallest absolute Gasteiger partial charge is 0.234 e. The second kappa shape index (κ2) is 9.17. The molecular weight excluding hydrogens is 326 g/mol. The topological polar surface area (TPSA) is 52.7 Å². The van der Waals surface area contributed by atoms with Gasteiger partial charge in [-0.2, -0.15) is 0 Å². The number of nitrogens with one attached hydrogen (secondary N) is 1. The highest BCUT2D eigenvalue weighted by Crippen LogP contribution is 2.21. The quantitative estimate of drug-likeness (QED) is 0.849. The Kier molecular flexibility index (Phi) is 6.67. The number of nitrogens with zero attached hydrogens (tertiary/aromatic N) is 2. The van der Waals surface area contributed by atoms with E-state index in [1.54, 1.807) is 6.92 Å². The summed E-state index contributed by atoms with van der Waals surface area (Å²) in [4.78, 5) is 28.1. The van der Waals surface area contributed by atoms with Gasteiger partial charge in [0.1, 0.15) is 0 Å². The van der Waals surface area contributed by atoms with E-state index in [1.165, 1.54) is 18.4 Å². The molecule has 5 nitrogen and oxygen atoms in total. The largest absolute Gasteiger partial charge is 0.352 e. The molecule has 2 aliphatic rings. The van der Waals surface area contributed by atoms with Crippen LogP contribution in [0.5, 0.6) is 0 Å². The van der Waals surface area contributed by atoms with Gasteiger partial charge in [0.05, 0.1) is 6.54 Å². The van der Waals surface area contributed by atoms with Gasteiger partial charge in [0.15, 0.2) is 0 Å². The van der Waals surface area contributed by atoms with Gasteiger partial charge in [-0.3, -0.25) is 14.5 Å². The van der Waals surface area contributed by atoms with E-state index in [0.717, 1.165) is 45.3 Å². The van der Waals surface area contributed by atoms with Crippen LogP contribution < -0.4 is 5.32 Å². The van der Waals surface area contributed by atoms with Crippen molar-refractivity contribution in [2.24, 2.45) is 0 Å². The molecule has 5 heteroatoms. The number of benzene rings is 1. The maximum absolute atomic E-state index is 12.5. The Morgan fingerprint density at radius 3 is 2.50 bits per heavy atom. The summed E-state index contributed by atoms with van der Waals surface area (Å²) in [7, 11) is 0. The zero-order valence-electron chi connectivity index (χ0n) is 15.8. The minimum absolute atomic E-state index is 0.133. The van der Waals surface area contributed by atoms with Crippen LogP contribution in [0.2, 0.25) is 0 Å². The van der Waals surface area contributed by atoms with Crippen molar-refractivity contribution in [2.45, 2.75) is 57.5 Å². The lowest BCUT2D eigenvalue weighted by molar-refractivity contribution is -0.130. The molecule has 1 aromatic rings. The number of likely N-dealkylation sites (tertiary alicyclic amines) is 2. The van der Waals surface area contributed by atoms with E-state index < -0.39 is 0 Å². The Morgan fingerprint density at radius 1 is 1.08 bits per heavy atom. The van der Waals surface area contributed by atoms with Crippen LogP contribution in [-0.2, 0) is 16.0 Å². The first-order valence-corrected chi connectivity index (χ1v) is 9.94. The summed E-state index contributed by atoms with van der Waals surface area (Å²) in [5.41, 5.74) is 1.38. The van der Waals surface area contributed by atoms with Crippen LogP contribution in [0.1, 0.15) is 44.6 Å². The van der Waals surface area contributed by atoms with Crippen LogP contribution in [-0.4, -0.2) is 59.9 Å². The van der Waals surface area contributed by atoms with Crippen molar-refractivity contribution in [1.82, 2.24) is 15.1 Å². The Bertz CT molecular complexity index is 597. The van der Waals surface area contributed by atoms with Gasteiger partial charge in [0, 0.05) is 32.1 Å². The van der Waals surface area contributed by atoms with E-state index in [1.807, 2.05) is 4.90 Å². The minimum atomic E-state index is 0.133. The van der Waals surface area contributed by atoms with E-state index in [4.69, 9.17) is 0 Å². The molecular formula is C21H31N3O2. The molecule has 2 amide bonds. The number of amides is 2. The number of piperidine rings is 1. The van der Waals surface area contributed by atoms with Crippen molar-refractivity contribution in [1.29, 1.82) is 0 Å². The van der Waals surface area contributed by atoms with Crippen molar-refractivity contribution >= 4 is 11.8 Å². The molecule has 2 aliphatic heterocycles. The molecule has 2 heterocycles. The first kappa shape index (κ1) is 18.9. The number of hydrogen-bond acceptors (Lipinski definition) is 3. The fourth-order valence-electron chi connectivity index (χ4n) is 4.20. The van der Waals surface area contributed by atoms with Crippen LogP contribution >= 0.6 is 0 Å². The van der Waals surface area contributed by atoms with Gasteiger partial charge in [0.25, 0.3) is 0 Å². The van der Waals surface area contributed by atoms with Crippen LogP contribution in [0.4, 0.5) is 0 Å². The highest BCUT2D eigenvalue weighted by molar-refractivity contribution is 5.78. The lowest BCUT2D eigenvalue weighted by atomic mass is 10.0. The van der Waals surface area contributed by atoms with Crippen LogP contribution in [0.15, 0.2) is 30.3 Å². The molecule has 0 bridgehead atoms. The molecule has 2 saturated heterocycles. The van der Waals surface area contributed by atoms with Gasteiger partial charge in [-0.25, -0.2) is 0 Å². The van der Waals surface area contributed by atoms with E-state index >= 15 is 0 Å². The molecule has 1 atom stereocenters. The molecule has 2 fully saturated rings. The summed E-state index contributed by atoms with van der Waals surface area (Å²) in [5, 5.41) is 3.18. The Hall–Kier alpha value is -1.88. The SMILES string of the molecule is CC(=O)N1CCC(NC(=O)CN2CCCC2CCc2ccccc2)CC1. The highest BCUT2D eigenvalue weighted by Gasteiger charge is 2.27. The summed E-state index contributed by atoms with van der Waals surface area (Å²) in [6.07, 6.45) is 6.30. The molecule has 3 rings (SSSR count). The molecule has 1 unspecified atom stereocenters. The maximum Gasteiger partial charge on any atom is 0.234 e. The summed E-state index contributed by atoms with van der Waals surface area (Å²) in [6, 6.07) is 11.3. The predicted molar refractivity (Wildman–Crippen MR) is 103 cm³/mol. The third-order valence-corrected chi connectivity index (χ3v) is 5.76. The van der Waals surface area contributed by atoms with E-state index in [9.17, 15) is 9.59 Å². The minimum Gasteiger partial charge on any atom is -0.352 e. The summed E-state index contributed by atoms with van der Waals surface area (Å²) >= 11 is 0. The van der Waals surface area contributed by atoms with Crippen molar-refractivity contribution in [3.8, 4) is 0 Å². The van der Waals surface area contributed by atoms with Crippen molar-refractivity contribution in [2.75, 3.05) is 26.2 Å². The maximum atomic E-state index is 12.5. The first-order valence-electron chi connectivity index (χ1n) is 9.94. The fraction of sp³-hybridized carbons (Fsp3) is 0.619. The van der Waals surface area contributed by atoms with Gasteiger partial charge >= 0.3 is 0 Å². The average Bonchev–Trinajstić information content (AvgIpc) is 3.08. The molecule has 0 radical (unpaired) electrons.